The topological polar surface area (TPSA) is 17.1 Å². The van der Waals surface area contributed by atoms with E-state index < -0.39 is 0 Å². The lowest BCUT2D eigenvalue weighted by atomic mass is 9.93. The summed E-state index contributed by atoms with van der Waals surface area (Å²) in [6.07, 6.45) is 13.8. The second kappa shape index (κ2) is 7.73. The Morgan fingerprint density at radius 2 is 2.00 bits per heavy atom. The van der Waals surface area contributed by atoms with Crippen LogP contribution in [0.4, 0.5) is 0 Å². The fourth-order valence-electron chi connectivity index (χ4n) is 2.14. The van der Waals surface area contributed by atoms with Gasteiger partial charge in [-0.05, 0) is 37.7 Å². The van der Waals surface area contributed by atoms with E-state index in [4.69, 9.17) is 0 Å². The van der Waals surface area contributed by atoms with Gasteiger partial charge >= 0.3 is 0 Å². The molecule has 0 unspecified atom stereocenters. The van der Waals surface area contributed by atoms with Gasteiger partial charge in [0, 0.05) is 6.42 Å². The maximum Gasteiger partial charge on any atom is 0.158 e. The second-order valence-electron chi connectivity index (χ2n) is 4.56. The molecule has 0 aromatic rings. The minimum Gasteiger partial charge on any atom is -0.295 e. The van der Waals surface area contributed by atoms with Gasteiger partial charge in [0.1, 0.15) is 7.85 Å². The summed E-state index contributed by atoms with van der Waals surface area (Å²) >= 11 is 0. The molecular formula is C13H23BO. The van der Waals surface area contributed by atoms with Gasteiger partial charge in [0.2, 0.25) is 0 Å². The number of hydrogen-bond acceptors (Lipinski definition) is 1. The Morgan fingerprint density at radius 1 is 1.20 bits per heavy atom. The lowest BCUT2D eigenvalue weighted by Crippen LogP contribution is -2.05. The number of ketones is 1. The van der Waals surface area contributed by atoms with E-state index in [0.717, 1.165) is 31.3 Å². The van der Waals surface area contributed by atoms with Gasteiger partial charge in [-0.2, -0.15) is 0 Å². The minimum absolute atomic E-state index is 0.422. The summed E-state index contributed by atoms with van der Waals surface area (Å²) in [5.41, 5.74) is 1.12. The number of Topliss-reactive ketones (excluding diaryl/α,β-unsaturated/α-hetero) is 1. The zero-order valence-corrected chi connectivity index (χ0v) is 10.1. The van der Waals surface area contributed by atoms with Crippen LogP contribution >= 0.6 is 0 Å². The third kappa shape index (κ3) is 5.20. The van der Waals surface area contributed by atoms with Crippen LogP contribution in [0.3, 0.4) is 0 Å². The van der Waals surface area contributed by atoms with Gasteiger partial charge in [-0.25, -0.2) is 0 Å². The molecule has 84 valence electrons. The van der Waals surface area contributed by atoms with E-state index in [9.17, 15) is 4.79 Å². The molecule has 1 rings (SSSR count). The van der Waals surface area contributed by atoms with E-state index in [2.05, 4.69) is 13.9 Å². The van der Waals surface area contributed by atoms with Crippen LogP contribution in [0.25, 0.3) is 0 Å². The van der Waals surface area contributed by atoms with Crippen molar-refractivity contribution >= 4 is 13.6 Å². The van der Waals surface area contributed by atoms with Crippen molar-refractivity contribution in [2.75, 3.05) is 0 Å². The van der Waals surface area contributed by atoms with Crippen LogP contribution in [0, 0.1) is 0 Å². The van der Waals surface area contributed by atoms with Gasteiger partial charge < -0.3 is 0 Å². The second-order valence-corrected chi connectivity index (χ2v) is 4.56. The lowest BCUT2D eigenvalue weighted by molar-refractivity contribution is -0.115. The molecule has 15 heavy (non-hydrogen) atoms. The molecule has 0 radical (unpaired) electrons. The van der Waals surface area contributed by atoms with Crippen molar-refractivity contribution in [2.24, 2.45) is 0 Å². The molecule has 0 aromatic heterocycles. The van der Waals surface area contributed by atoms with E-state index in [1.54, 1.807) is 0 Å². The van der Waals surface area contributed by atoms with E-state index in [0.29, 0.717) is 5.78 Å². The highest BCUT2D eigenvalue weighted by Gasteiger charge is 2.11. The Morgan fingerprint density at radius 3 is 2.67 bits per heavy atom. The van der Waals surface area contributed by atoms with Gasteiger partial charge in [-0.1, -0.05) is 31.7 Å². The lowest BCUT2D eigenvalue weighted by Gasteiger charge is -2.11. The van der Waals surface area contributed by atoms with E-state index in [-0.39, 0.29) is 0 Å². The van der Waals surface area contributed by atoms with Crippen molar-refractivity contribution in [1.82, 2.24) is 0 Å². The third-order valence-electron chi connectivity index (χ3n) is 3.16. The van der Waals surface area contributed by atoms with E-state index in [1.165, 1.54) is 38.4 Å². The molecule has 0 heterocycles. The fourth-order valence-corrected chi connectivity index (χ4v) is 2.14. The molecule has 0 N–H and O–H groups in total. The van der Waals surface area contributed by atoms with Crippen molar-refractivity contribution in [3.8, 4) is 0 Å². The summed E-state index contributed by atoms with van der Waals surface area (Å²) in [5, 5.41) is 0. The van der Waals surface area contributed by atoms with Crippen molar-refractivity contribution in [2.45, 2.75) is 64.1 Å². The first-order valence-electron chi connectivity index (χ1n) is 6.57. The molecule has 1 aliphatic carbocycles. The highest BCUT2D eigenvalue weighted by molar-refractivity contribution is 6.08. The van der Waals surface area contributed by atoms with Crippen LogP contribution in [0.15, 0.2) is 11.6 Å². The Hall–Kier alpha value is -0.525. The zero-order valence-electron chi connectivity index (χ0n) is 10.1. The quantitative estimate of drug-likeness (QED) is 0.462. The molecule has 0 aliphatic heterocycles. The van der Waals surface area contributed by atoms with Crippen LogP contribution in [-0.4, -0.2) is 13.6 Å². The van der Waals surface area contributed by atoms with Crippen LogP contribution < -0.4 is 0 Å². The minimum atomic E-state index is 0.422. The van der Waals surface area contributed by atoms with Gasteiger partial charge in [0.05, 0.1) is 0 Å². The Labute approximate surface area is 94.7 Å². The summed E-state index contributed by atoms with van der Waals surface area (Å²) in [6.45, 7) is 0. The average molecular weight is 206 g/mol. The first-order valence-corrected chi connectivity index (χ1v) is 6.57. The van der Waals surface area contributed by atoms with Crippen LogP contribution in [0.5, 0.6) is 0 Å². The van der Waals surface area contributed by atoms with E-state index in [1.807, 2.05) is 0 Å². The van der Waals surface area contributed by atoms with Crippen molar-refractivity contribution < 1.29 is 4.79 Å². The molecular weight excluding hydrogens is 183 g/mol. The summed E-state index contributed by atoms with van der Waals surface area (Å²) in [4.78, 5) is 11.8. The normalized spacial score (nSPS) is 16.1. The Bertz CT molecular complexity index is 221. The molecule has 2 heteroatoms. The zero-order chi connectivity index (χ0) is 10.9. The Balaban J connectivity index is 2.10. The molecule has 0 atom stereocenters. The maximum atomic E-state index is 11.8. The largest absolute Gasteiger partial charge is 0.295 e. The van der Waals surface area contributed by atoms with Crippen LogP contribution in [0.1, 0.15) is 57.8 Å². The molecule has 0 spiro atoms. The number of unbranched alkanes of at least 4 members (excludes halogenated alkanes) is 3. The molecule has 0 saturated carbocycles. The highest BCUT2D eigenvalue weighted by atomic mass is 16.1. The molecule has 0 amide bonds. The van der Waals surface area contributed by atoms with Gasteiger partial charge in [-0.15, -0.1) is 0 Å². The van der Waals surface area contributed by atoms with E-state index >= 15 is 0 Å². The standard InChI is InChI=1S/C13H23BO/c14-11-7-2-1-6-10-13(15)12-8-4-3-5-9-12/h8H,1-7,9-11,14H2. The number of rotatable bonds is 7. The maximum absolute atomic E-state index is 11.8. The average Bonchev–Trinajstić information content (AvgIpc) is 2.30. The highest BCUT2D eigenvalue weighted by Crippen LogP contribution is 2.20. The van der Waals surface area contributed by atoms with Gasteiger partial charge in [-0.3, -0.25) is 4.79 Å². The number of hydrogen-bond donors (Lipinski definition) is 0. The third-order valence-corrected chi connectivity index (χ3v) is 3.16. The SMILES string of the molecule is BCCCCCCC(=O)C1=CCCCC1. The number of carbonyl (C=O) groups excluding carboxylic acids is 1. The smallest absolute Gasteiger partial charge is 0.158 e. The summed E-state index contributed by atoms with van der Waals surface area (Å²) < 4.78 is 0. The predicted molar refractivity (Wildman–Crippen MR) is 68.0 cm³/mol. The summed E-state index contributed by atoms with van der Waals surface area (Å²) in [7, 11) is 2.22. The van der Waals surface area contributed by atoms with Crippen LogP contribution in [-0.2, 0) is 4.79 Å². The Kier molecular flexibility index (Phi) is 6.46. The van der Waals surface area contributed by atoms with Crippen molar-refractivity contribution in [3.63, 3.8) is 0 Å². The monoisotopic (exact) mass is 206 g/mol. The van der Waals surface area contributed by atoms with Crippen LogP contribution in [0.2, 0.25) is 6.32 Å². The van der Waals surface area contributed by atoms with Crippen molar-refractivity contribution in [3.05, 3.63) is 11.6 Å². The molecule has 1 nitrogen and oxygen atoms in total. The van der Waals surface area contributed by atoms with Gasteiger partial charge in [0.15, 0.2) is 5.78 Å². The summed E-state index contributed by atoms with van der Waals surface area (Å²) in [5.74, 6) is 0.422. The van der Waals surface area contributed by atoms with Gasteiger partial charge in [0.25, 0.3) is 0 Å². The first kappa shape index (κ1) is 12.5. The molecule has 0 saturated heterocycles. The molecule has 0 bridgehead atoms. The predicted octanol–water partition coefficient (Wildman–Crippen LogP) is 3.06. The van der Waals surface area contributed by atoms with Crippen molar-refractivity contribution in [1.29, 1.82) is 0 Å². The molecule has 0 fully saturated rings. The number of allylic oxidation sites excluding steroid dienone is 2. The first-order chi connectivity index (χ1) is 7.34. The fraction of sp³-hybridized carbons (Fsp3) is 0.769. The number of carbonyl (C=O) groups is 1. The molecule has 1 aliphatic rings. The molecule has 0 aromatic carbocycles. The summed E-state index contributed by atoms with van der Waals surface area (Å²) in [6, 6.07) is 0.